The van der Waals surface area contributed by atoms with Crippen LogP contribution in [0.15, 0.2) is 11.6 Å². The maximum atomic E-state index is 2.63. The van der Waals surface area contributed by atoms with Crippen LogP contribution in [0.4, 0.5) is 0 Å². The molecule has 0 nitrogen and oxygen atoms in total. The Hall–Kier alpha value is -0.260. The van der Waals surface area contributed by atoms with E-state index in [-0.39, 0.29) is 0 Å². The number of allylic oxidation sites excluding steroid dienone is 2. The van der Waals surface area contributed by atoms with Gasteiger partial charge in [0.1, 0.15) is 0 Å². The van der Waals surface area contributed by atoms with Gasteiger partial charge in [0.15, 0.2) is 0 Å². The highest BCUT2D eigenvalue weighted by atomic mass is 14.4. The molecule has 0 aromatic carbocycles. The van der Waals surface area contributed by atoms with Crippen molar-refractivity contribution in [2.45, 2.75) is 134 Å². The van der Waals surface area contributed by atoms with Gasteiger partial charge in [-0.25, -0.2) is 0 Å². The first-order valence-electron chi connectivity index (χ1n) is 13.0. The summed E-state index contributed by atoms with van der Waals surface area (Å²) in [5.41, 5.74) is 2.41. The van der Waals surface area contributed by atoms with Gasteiger partial charge in [-0.15, -0.1) is 0 Å². The van der Waals surface area contributed by atoms with Crippen LogP contribution in [0.1, 0.15) is 134 Å². The number of rotatable bonds is 15. The molecule has 174 valence electrons. The van der Waals surface area contributed by atoms with Crippen molar-refractivity contribution in [1.29, 1.82) is 0 Å². The minimum atomic E-state index is 0.340. The zero-order valence-electron chi connectivity index (χ0n) is 22.6. The summed E-state index contributed by atoms with van der Waals surface area (Å²) in [5, 5.41) is 0. The van der Waals surface area contributed by atoms with Gasteiger partial charge in [-0.1, -0.05) is 120 Å². The SMILES string of the molecule is CCCC(C)CCC(C)(C(C)CC)C(C)C/C=C(\C)C(C)(CCC(C)C)C(C)C. The first kappa shape index (κ1) is 28.7. The van der Waals surface area contributed by atoms with E-state index in [9.17, 15) is 0 Å². The second kappa shape index (κ2) is 13.2. The lowest BCUT2D eigenvalue weighted by atomic mass is 9.63. The molecule has 0 bridgehead atoms. The molecule has 0 heterocycles. The maximum Gasteiger partial charge on any atom is -0.00961 e. The van der Waals surface area contributed by atoms with Gasteiger partial charge in [0.05, 0.1) is 0 Å². The normalized spacial score (nSPS) is 20.4. The van der Waals surface area contributed by atoms with Gasteiger partial charge in [0.25, 0.3) is 0 Å². The predicted octanol–water partition coefficient (Wildman–Crippen LogP) is 10.3. The fourth-order valence-electron chi connectivity index (χ4n) is 5.02. The van der Waals surface area contributed by atoms with E-state index in [1.807, 2.05) is 0 Å². The van der Waals surface area contributed by atoms with E-state index < -0.39 is 0 Å². The third-order valence-electron chi connectivity index (χ3n) is 9.01. The minimum Gasteiger partial charge on any atom is -0.0848 e. The van der Waals surface area contributed by atoms with E-state index in [1.54, 1.807) is 5.57 Å². The van der Waals surface area contributed by atoms with E-state index in [4.69, 9.17) is 0 Å². The molecule has 0 aliphatic rings. The molecule has 0 aliphatic carbocycles. The molecule has 0 aliphatic heterocycles. The summed E-state index contributed by atoms with van der Waals surface area (Å²) >= 11 is 0. The van der Waals surface area contributed by atoms with Crippen molar-refractivity contribution in [2.75, 3.05) is 0 Å². The molecule has 0 rings (SSSR count). The summed E-state index contributed by atoms with van der Waals surface area (Å²) in [6.07, 6.45) is 13.3. The lowest BCUT2D eigenvalue weighted by molar-refractivity contribution is 0.0885. The molecule has 0 aromatic heterocycles. The van der Waals surface area contributed by atoms with Gasteiger partial charge in [0.2, 0.25) is 0 Å². The van der Waals surface area contributed by atoms with Gasteiger partial charge in [-0.05, 0) is 66.6 Å². The Kier molecular flexibility index (Phi) is 13.1. The van der Waals surface area contributed by atoms with Crippen LogP contribution in [0.2, 0.25) is 0 Å². The summed E-state index contributed by atoms with van der Waals surface area (Å²) in [6.45, 7) is 29.3. The van der Waals surface area contributed by atoms with Crippen molar-refractivity contribution in [3.8, 4) is 0 Å². The highest BCUT2D eigenvalue weighted by Gasteiger charge is 2.36. The average molecular weight is 407 g/mol. The molecule has 0 saturated carbocycles. The summed E-state index contributed by atoms with van der Waals surface area (Å²) < 4.78 is 0. The molecular weight excluding hydrogens is 348 g/mol. The third-order valence-corrected chi connectivity index (χ3v) is 9.01. The van der Waals surface area contributed by atoms with Crippen LogP contribution in [-0.4, -0.2) is 0 Å². The Labute approximate surface area is 186 Å². The Morgan fingerprint density at radius 1 is 0.793 bits per heavy atom. The van der Waals surface area contributed by atoms with Crippen molar-refractivity contribution >= 4 is 0 Å². The molecular formula is C29H58. The van der Waals surface area contributed by atoms with Crippen molar-refractivity contribution in [2.24, 2.45) is 40.4 Å². The molecule has 29 heavy (non-hydrogen) atoms. The summed E-state index contributed by atoms with van der Waals surface area (Å²) in [6, 6.07) is 0. The quantitative estimate of drug-likeness (QED) is 0.237. The Morgan fingerprint density at radius 3 is 1.83 bits per heavy atom. The fourth-order valence-corrected chi connectivity index (χ4v) is 5.02. The minimum absolute atomic E-state index is 0.340. The van der Waals surface area contributed by atoms with Crippen molar-refractivity contribution in [3.63, 3.8) is 0 Å². The van der Waals surface area contributed by atoms with Crippen LogP contribution >= 0.6 is 0 Å². The second-order valence-electron chi connectivity index (χ2n) is 11.8. The van der Waals surface area contributed by atoms with Crippen LogP contribution in [0.5, 0.6) is 0 Å². The van der Waals surface area contributed by atoms with Crippen molar-refractivity contribution < 1.29 is 0 Å². The molecule has 0 N–H and O–H groups in total. The van der Waals surface area contributed by atoms with Crippen LogP contribution in [0, 0.1) is 40.4 Å². The zero-order valence-corrected chi connectivity index (χ0v) is 22.6. The van der Waals surface area contributed by atoms with E-state index in [0.29, 0.717) is 16.7 Å². The van der Waals surface area contributed by atoms with E-state index in [2.05, 4.69) is 89.2 Å². The van der Waals surface area contributed by atoms with Crippen molar-refractivity contribution in [1.82, 2.24) is 0 Å². The molecule has 0 heteroatoms. The van der Waals surface area contributed by atoms with Gasteiger partial charge in [0, 0.05) is 0 Å². The molecule has 5 unspecified atom stereocenters. The summed E-state index contributed by atoms with van der Waals surface area (Å²) in [7, 11) is 0. The Bertz CT molecular complexity index is 457. The number of hydrogen-bond acceptors (Lipinski definition) is 0. The average Bonchev–Trinajstić information content (AvgIpc) is 2.67. The Balaban J connectivity index is 5.37. The van der Waals surface area contributed by atoms with Gasteiger partial charge < -0.3 is 0 Å². The smallest absolute Gasteiger partial charge is 0.00961 e. The summed E-state index contributed by atoms with van der Waals surface area (Å²) in [5.74, 6) is 3.88. The van der Waals surface area contributed by atoms with E-state index in [0.717, 1.165) is 23.7 Å². The zero-order chi connectivity index (χ0) is 22.8. The van der Waals surface area contributed by atoms with E-state index >= 15 is 0 Å². The Morgan fingerprint density at radius 2 is 1.38 bits per heavy atom. The highest BCUT2D eigenvalue weighted by Crippen LogP contribution is 2.46. The predicted molar refractivity (Wildman–Crippen MR) is 135 cm³/mol. The second-order valence-corrected chi connectivity index (χ2v) is 11.8. The van der Waals surface area contributed by atoms with E-state index in [1.165, 1.54) is 51.4 Å². The largest absolute Gasteiger partial charge is 0.0848 e. The first-order chi connectivity index (χ1) is 13.3. The van der Waals surface area contributed by atoms with Crippen LogP contribution in [0.3, 0.4) is 0 Å². The van der Waals surface area contributed by atoms with Crippen molar-refractivity contribution in [3.05, 3.63) is 11.6 Å². The van der Waals surface area contributed by atoms with Gasteiger partial charge >= 0.3 is 0 Å². The van der Waals surface area contributed by atoms with Gasteiger partial charge in [-0.3, -0.25) is 0 Å². The topological polar surface area (TPSA) is 0 Å². The fraction of sp³-hybridized carbons (Fsp3) is 0.931. The molecule has 0 fully saturated rings. The molecule has 0 saturated heterocycles. The third kappa shape index (κ3) is 8.78. The number of hydrogen-bond donors (Lipinski definition) is 0. The molecule has 0 aromatic rings. The molecule has 0 amide bonds. The standard InChI is InChI=1S/C29H58/c1-13-15-24(7)19-21-29(12,25(8)14-2)27(10)17-16-26(9)28(11,23(5)6)20-18-22(3)4/h16,22-25,27H,13-15,17-21H2,1-12H3/b26-16+. The molecule has 0 radical (unpaired) electrons. The van der Waals surface area contributed by atoms with Crippen LogP contribution < -0.4 is 0 Å². The first-order valence-corrected chi connectivity index (χ1v) is 13.0. The molecule has 5 atom stereocenters. The van der Waals surface area contributed by atoms with Crippen LogP contribution in [-0.2, 0) is 0 Å². The highest BCUT2D eigenvalue weighted by molar-refractivity contribution is 5.12. The lowest BCUT2D eigenvalue weighted by Crippen LogP contribution is -2.33. The lowest BCUT2D eigenvalue weighted by Gasteiger charge is -2.42. The van der Waals surface area contributed by atoms with Crippen LogP contribution in [0.25, 0.3) is 0 Å². The van der Waals surface area contributed by atoms with Gasteiger partial charge in [-0.2, -0.15) is 0 Å². The summed E-state index contributed by atoms with van der Waals surface area (Å²) in [4.78, 5) is 0. The monoisotopic (exact) mass is 406 g/mol. The molecule has 0 spiro atoms. The maximum absolute atomic E-state index is 2.63.